The first kappa shape index (κ1) is 13.3. The Hall–Kier alpha value is -0.302. The third kappa shape index (κ3) is 3.06. The molecule has 4 heteroatoms. The molecular formula is C7H5F3W. The molecule has 0 aromatic heterocycles. The van der Waals surface area contributed by atoms with Crippen LogP contribution in [0.15, 0.2) is 12.1 Å². The van der Waals surface area contributed by atoms with Gasteiger partial charge in [0.05, 0.1) is 5.82 Å². The fourth-order valence-electron chi connectivity index (χ4n) is 0.429. The molecule has 0 heterocycles. The molecule has 0 atom stereocenters. The van der Waals surface area contributed by atoms with Crippen LogP contribution in [0.5, 0.6) is 0 Å². The molecule has 0 spiro atoms. The molecule has 60 valence electrons. The van der Waals surface area contributed by atoms with E-state index in [1.807, 2.05) is 0 Å². The third-order valence-electron chi connectivity index (χ3n) is 0.839. The van der Waals surface area contributed by atoms with Crippen molar-refractivity contribution in [3.63, 3.8) is 0 Å². The Kier molecular flexibility index (Phi) is 6.48. The molecule has 0 fully saturated rings. The summed E-state index contributed by atoms with van der Waals surface area (Å²) in [7, 11) is 0. The van der Waals surface area contributed by atoms with E-state index < -0.39 is 17.5 Å². The van der Waals surface area contributed by atoms with Gasteiger partial charge in [0.15, 0.2) is 0 Å². The van der Waals surface area contributed by atoms with Gasteiger partial charge in [-0.15, -0.1) is 12.1 Å². The second-order valence-corrected chi connectivity index (χ2v) is 1.47. The van der Waals surface area contributed by atoms with Gasteiger partial charge in [0.2, 0.25) is 0 Å². The molecule has 1 rings (SSSR count). The fourth-order valence-corrected chi connectivity index (χ4v) is 0.429. The van der Waals surface area contributed by atoms with Crippen LogP contribution in [-0.2, 0) is 21.1 Å². The molecule has 0 aliphatic carbocycles. The van der Waals surface area contributed by atoms with Gasteiger partial charge in [0, 0.05) is 11.6 Å². The van der Waals surface area contributed by atoms with Crippen molar-refractivity contribution in [3.8, 4) is 0 Å². The average Bonchev–Trinajstić information content (AvgIpc) is 1.83. The molecule has 0 aliphatic rings. The zero-order chi connectivity index (χ0) is 6.85. The normalized spacial score (nSPS) is 7.91. The van der Waals surface area contributed by atoms with Crippen LogP contribution in [0, 0.1) is 30.9 Å². The van der Waals surface area contributed by atoms with E-state index in [0.717, 1.165) is 12.1 Å². The zero-order valence-corrected chi connectivity index (χ0v) is 8.63. The first-order valence-electron chi connectivity index (χ1n) is 2.22. The first-order valence-corrected chi connectivity index (χ1v) is 2.22. The van der Waals surface area contributed by atoms with Gasteiger partial charge in [-0.1, -0.05) is 0 Å². The van der Waals surface area contributed by atoms with E-state index in [1.165, 1.54) is 0 Å². The monoisotopic (exact) mass is 330 g/mol. The van der Waals surface area contributed by atoms with Gasteiger partial charge in [-0.25, -0.2) is 4.39 Å². The van der Waals surface area contributed by atoms with E-state index in [0.29, 0.717) is 0 Å². The molecule has 0 nitrogen and oxygen atoms in total. The number of hydrogen-bond acceptors (Lipinski definition) is 0. The van der Waals surface area contributed by atoms with Crippen LogP contribution >= 0.6 is 0 Å². The molecule has 11 heavy (non-hydrogen) atoms. The van der Waals surface area contributed by atoms with Crippen LogP contribution in [0.4, 0.5) is 13.2 Å². The van der Waals surface area contributed by atoms with E-state index in [9.17, 15) is 13.2 Å². The van der Waals surface area contributed by atoms with Gasteiger partial charge in [-0.2, -0.15) is 6.07 Å². The van der Waals surface area contributed by atoms with Crippen LogP contribution in [0.2, 0.25) is 0 Å². The van der Waals surface area contributed by atoms with Gasteiger partial charge in [-0.05, 0) is 0 Å². The second-order valence-electron chi connectivity index (χ2n) is 1.47. The molecule has 0 unspecified atom stereocenters. The summed E-state index contributed by atoms with van der Waals surface area (Å²) < 4.78 is 35.8. The van der Waals surface area contributed by atoms with Crippen molar-refractivity contribution >= 4 is 0 Å². The van der Waals surface area contributed by atoms with Crippen LogP contribution in [-0.4, -0.2) is 0 Å². The molecule has 0 amide bonds. The molecule has 0 saturated carbocycles. The minimum atomic E-state index is -1.45. The zero-order valence-electron chi connectivity index (χ0n) is 5.70. The van der Waals surface area contributed by atoms with Crippen LogP contribution < -0.4 is 0 Å². The van der Waals surface area contributed by atoms with E-state index in [4.69, 9.17) is 0 Å². The smallest absolute Gasteiger partial charge is 0.358 e. The molecule has 0 radical (unpaired) electrons. The van der Waals surface area contributed by atoms with Gasteiger partial charge in [0.25, 0.3) is 0 Å². The molecule has 1 aromatic carbocycles. The quantitative estimate of drug-likeness (QED) is 0.506. The predicted molar refractivity (Wildman–Crippen MR) is 31.6 cm³/mol. The average molecular weight is 330 g/mol. The molecule has 0 aliphatic heterocycles. The van der Waals surface area contributed by atoms with Crippen LogP contribution in [0.25, 0.3) is 0 Å². The molecular weight excluding hydrogens is 325 g/mol. The molecule has 0 bridgehead atoms. The molecule has 1 aromatic rings. The number of rotatable bonds is 0. The molecule has 0 N–H and O–H groups in total. The summed E-state index contributed by atoms with van der Waals surface area (Å²) >= 11 is 0. The maximum Gasteiger partial charge on any atom is 2.00 e. The Balaban J connectivity index is 0. The van der Waals surface area contributed by atoms with E-state index in [2.05, 4.69) is 6.07 Å². The Labute approximate surface area is 77.7 Å². The number of benzene rings is 1. The predicted octanol–water partition coefficient (Wildman–Crippen LogP) is 2.35. The summed E-state index contributed by atoms with van der Waals surface area (Å²) in [5.74, 6) is -3.88. The maximum atomic E-state index is 12.0. The summed E-state index contributed by atoms with van der Waals surface area (Å²) in [5.41, 5.74) is 0. The van der Waals surface area contributed by atoms with Crippen LogP contribution in [0.1, 0.15) is 0 Å². The number of hydrogen-bond donors (Lipinski definition) is 0. The van der Waals surface area contributed by atoms with E-state index >= 15 is 0 Å². The van der Waals surface area contributed by atoms with Gasteiger partial charge >= 0.3 is 21.1 Å². The largest absolute Gasteiger partial charge is 2.00 e. The SMILES string of the molecule is Fc1c[c-]cc(F)c1F.[CH3-].[W+2]. The van der Waals surface area contributed by atoms with Crippen LogP contribution in [0.3, 0.4) is 0 Å². The topological polar surface area (TPSA) is 0 Å². The Morgan fingerprint density at radius 1 is 1.00 bits per heavy atom. The van der Waals surface area contributed by atoms with Gasteiger partial charge < -0.3 is 7.43 Å². The summed E-state index contributed by atoms with van der Waals surface area (Å²) in [5, 5.41) is 0. The third-order valence-corrected chi connectivity index (χ3v) is 0.839. The van der Waals surface area contributed by atoms with Crippen molar-refractivity contribution in [1.82, 2.24) is 0 Å². The van der Waals surface area contributed by atoms with E-state index in [1.54, 1.807) is 0 Å². The van der Waals surface area contributed by atoms with Crippen molar-refractivity contribution in [2.24, 2.45) is 0 Å². The van der Waals surface area contributed by atoms with Gasteiger partial charge in [-0.3, -0.25) is 8.78 Å². The Bertz CT molecular complexity index is 205. The van der Waals surface area contributed by atoms with Crippen molar-refractivity contribution in [1.29, 1.82) is 0 Å². The van der Waals surface area contributed by atoms with Crippen molar-refractivity contribution in [3.05, 3.63) is 43.1 Å². The fraction of sp³-hybridized carbons (Fsp3) is 0. The van der Waals surface area contributed by atoms with Crippen molar-refractivity contribution in [2.45, 2.75) is 0 Å². The summed E-state index contributed by atoms with van der Waals surface area (Å²) in [6, 6.07) is 3.55. The van der Waals surface area contributed by atoms with Crippen molar-refractivity contribution in [2.75, 3.05) is 0 Å². The Morgan fingerprint density at radius 3 is 1.64 bits per heavy atom. The standard InChI is InChI=1S/C6H2F3.CH3.W/c7-4-2-1-3-5(8)6(4)9;;/h2-3H;1H3;/q2*-1;+2. The number of halogens is 3. The first-order chi connectivity index (χ1) is 4.22. The van der Waals surface area contributed by atoms with Crippen molar-refractivity contribution < 1.29 is 34.2 Å². The summed E-state index contributed by atoms with van der Waals surface area (Å²) in [4.78, 5) is 0. The minimum absolute atomic E-state index is 0. The van der Waals surface area contributed by atoms with E-state index in [-0.39, 0.29) is 28.5 Å². The summed E-state index contributed by atoms with van der Waals surface area (Å²) in [6.45, 7) is 0. The minimum Gasteiger partial charge on any atom is -0.358 e. The second kappa shape index (κ2) is 5.36. The Morgan fingerprint density at radius 2 is 1.36 bits per heavy atom. The van der Waals surface area contributed by atoms with Gasteiger partial charge in [0.1, 0.15) is 0 Å². The maximum absolute atomic E-state index is 12.0. The summed E-state index contributed by atoms with van der Waals surface area (Å²) in [6.07, 6.45) is 0. The molecule has 0 saturated heterocycles.